The van der Waals surface area contributed by atoms with Crippen LogP contribution in [0.1, 0.15) is 23.7 Å². The van der Waals surface area contributed by atoms with Crippen molar-refractivity contribution in [1.29, 1.82) is 0 Å². The molecule has 1 aromatic carbocycles. The topological polar surface area (TPSA) is 96.3 Å². The summed E-state index contributed by atoms with van der Waals surface area (Å²) in [5.74, 6) is -3.12. The fourth-order valence-corrected chi connectivity index (χ4v) is 5.14. The molecule has 0 spiro atoms. The molecular formula is C23H24ClF2N5O3S. The number of aryl methyl sites for hydroxylation is 1. The van der Waals surface area contributed by atoms with E-state index >= 15 is 0 Å². The van der Waals surface area contributed by atoms with Gasteiger partial charge in [0.15, 0.2) is 0 Å². The summed E-state index contributed by atoms with van der Waals surface area (Å²) in [6.07, 6.45) is 3.62. The summed E-state index contributed by atoms with van der Waals surface area (Å²) in [6.45, 7) is 1.11. The quantitative estimate of drug-likeness (QED) is 0.450. The largest absolute Gasteiger partial charge is 0.358 e. The third-order valence-electron chi connectivity index (χ3n) is 5.39. The molecule has 35 heavy (non-hydrogen) atoms. The first kappa shape index (κ1) is 24.9. The van der Waals surface area contributed by atoms with Crippen LogP contribution in [0.5, 0.6) is 0 Å². The Morgan fingerprint density at radius 3 is 2.51 bits per heavy atom. The van der Waals surface area contributed by atoms with Gasteiger partial charge in [0.05, 0.1) is 53.4 Å². The molecule has 1 aliphatic rings. The van der Waals surface area contributed by atoms with Gasteiger partial charge in [-0.15, -0.1) is 0 Å². The lowest BCUT2D eigenvalue weighted by Crippen LogP contribution is -2.56. The zero-order valence-electron chi connectivity index (χ0n) is 19.1. The third kappa shape index (κ3) is 5.91. The maximum absolute atomic E-state index is 13.1. The zero-order chi connectivity index (χ0) is 25.4. The number of carbonyl (C=O) groups excluding carboxylic acids is 1. The van der Waals surface area contributed by atoms with Gasteiger partial charge in [-0.05, 0) is 42.8 Å². The average molecular weight is 524 g/mol. The van der Waals surface area contributed by atoms with Crippen LogP contribution < -0.4 is 14.9 Å². The standard InChI is InChI=1S/C23H24ClF2N5O3S/c1-3-6-35(33,34)29-18-9-16(24)8-17(10-18)28-22(32)15-7-21(30(2)12-15)20-5-4-19(11-27-20)31-13-23(25,26)14-31/h4-5,7-12,29H,3,6,13-14H2,1-2H3,(H,28,32). The molecule has 186 valence electrons. The number of sulfonamides is 1. The highest BCUT2D eigenvalue weighted by molar-refractivity contribution is 7.92. The Morgan fingerprint density at radius 1 is 1.17 bits per heavy atom. The number of anilines is 3. The first-order chi connectivity index (χ1) is 16.4. The number of amides is 1. The molecule has 0 bridgehead atoms. The van der Waals surface area contributed by atoms with Crippen LogP contribution in [0.15, 0.2) is 48.8 Å². The lowest BCUT2D eigenvalue weighted by atomic mass is 10.1. The Labute approximate surface area is 207 Å². The Hall–Kier alpha value is -3.18. The second-order valence-electron chi connectivity index (χ2n) is 8.44. The summed E-state index contributed by atoms with van der Waals surface area (Å²) in [5, 5.41) is 2.99. The molecule has 3 aromatic rings. The lowest BCUT2D eigenvalue weighted by molar-refractivity contribution is -0.0262. The van der Waals surface area contributed by atoms with Crippen LogP contribution >= 0.6 is 11.6 Å². The minimum atomic E-state index is -3.52. The Kier molecular flexibility index (Phi) is 6.74. The molecule has 0 radical (unpaired) electrons. The van der Waals surface area contributed by atoms with E-state index < -0.39 is 21.9 Å². The van der Waals surface area contributed by atoms with Crippen LogP contribution in [-0.2, 0) is 17.1 Å². The molecule has 2 aromatic heterocycles. The monoisotopic (exact) mass is 523 g/mol. The SMILES string of the molecule is CCCS(=O)(=O)Nc1cc(Cl)cc(NC(=O)c2cc(-c3ccc(N4CC(F)(F)C4)cn3)n(C)c2)c1. The van der Waals surface area contributed by atoms with Gasteiger partial charge >= 0.3 is 0 Å². The van der Waals surface area contributed by atoms with E-state index in [9.17, 15) is 22.0 Å². The highest BCUT2D eigenvalue weighted by atomic mass is 35.5. The fraction of sp³-hybridized carbons (Fsp3) is 0.304. The number of rotatable bonds is 8. The van der Waals surface area contributed by atoms with Crippen molar-refractivity contribution in [1.82, 2.24) is 9.55 Å². The van der Waals surface area contributed by atoms with Gasteiger partial charge < -0.3 is 14.8 Å². The zero-order valence-corrected chi connectivity index (χ0v) is 20.6. The van der Waals surface area contributed by atoms with Gasteiger partial charge in [-0.25, -0.2) is 17.2 Å². The molecule has 0 atom stereocenters. The molecule has 0 saturated carbocycles. The molecule has 12 heteroatoms. The summed E-state index contributed by atoms with van der Waals surface area (Å²) in [5.41, 5.74) is 2.78. The number of nitrogens with one attached hydrogen (secondary N) is 2. The molecule has 4 rings (SSSR count). The van der Waals surface area contributed by atoms with Crippen LogP contribution in [0.2, 0.25) is 5.02 Å². The van der Waals surface area contributed by atoms with E-state index in [1.807, 2.05) is 0 Å². The van der Waals surface area contributed by atoms with Gasteiger partial charge in [0, 0.05) is 24.0 Å². The number of nitrogens with zero attached hydrogens (tertiary/aromatic N) is 3. The Bertz CT molecular complexity index is 1350. The van der Waals surface area contributed by atoms with E-state index in [1.54, 1.807) is 47.8 Å². The summed E-state index contributed by atoms with van der Waals surface area (Å²) >= 11 is 6.12. The molecule has 1 fully saturated rings. The van der Waals surface area contributed by atoms with Crippen molar-refractivity contribution >= 4 is 44.6 Å². The van der Waals surface area contributed by atoms with Crippen molar-refractivity contribution in [2.45, 2.75) is 19.3 Å². The molecule has 0 unspecified atom stereocenters. The van der Waals surface area contributed by atoms with Gasteiger partial charge in [0.1, 0.15) is 0 Å². The molecule has 1 aliphatic heterocycles. The Morgan fingerprint density at radius 2 is 1.89 bits per heavy atom. The minimum absolute atomic E-state index is 0.0342. The van der Waals surface area contributed by atoms with Gasteiger partial charge in [0.2, 0.25) is 10.0 Å². The predicted octanol–water partition coefficient (Wildman–Crippen LogP) is 4.60. The number of carbonyl (C=O) groups is 1. The third-order valence-corrected chi connectivity index (χ3v) is 7.10. The van der Waals surface area contributed by atoms with Crippen molar-refractivity contribution in [3.63, 3.8) is 0 Å². The second-order valence-corrected chi connectivity index (χ2v) is 10.7. The van der Waals surface area contributed by atoms with E-state index in [-0.39, 0.29) is 29.6 Å². The maximum Gasteiger partial charge on any atom is 0.282 e. The van der Waals surface area contributed by atoms with Crippen molar-refractivity contribution in [3.05, 3.63) is 59.4 Å². The number of benzene rings is 1. The number of pyridine rings is 1. The number of alkyl halides is 2. The smallest absolute Gasteiger partial charge is 0.282 e. The summed E-state index contributed by atoms with van der Waals surface area (Å²) in [7, 11) is -1.75. The van der Waals surface area contributed by atoms with Crippen LogP contribution in [0.3, 0.4) is 0 Å². The van der Waals surface area contributed by atoms with Crippen LogP contribution in [0.4, 0.5) is 25.8 Å². The fourth-order valence-electron chi connectivity index (χ4n) is 3.79. The first-order valence-electron chi connectivity index (χ1n) is 10.8. The van der Waals surface area contributed by atoms with E-state index in [4.69, 9.17) is 11.6 Å². The molecule has 8 nitrogen and oxygen atoms in total. The van der Waals surface area contributed by atoms with Crippen molar-refractivity contribution in [2.75, 3.05) is 33.8 Å². The van der Waals surface area contributed by atoms with Gasteiger partial charge in [-0.3, -0.25) is 14.5 Å². The second kappa shape index (κ2) is 9.46. The maximum atomic E-state index is 13.1. The minimum Gasteiger partial charge on any atom is -0.358 e. The average Bonchev–Trinajstić information content (AvgIpc) is 3.13. The molecule has 1 saturated heterocycles. The van der Waals surface area contributed by atoms with Crippen LogP contribution in [0, 0.1) is 0 Å². The van der Waals surface area contributed by atoms with Gasteiger partial charge in [0.25, 0.3) is 11.8 Å². The highest BCUT2D eigenvalue weighted by Crippen LogP contribution is 2.32. The summed E-state index contributed by atoms with van der Waals surface area (Å²) in [6, 6.07) is 9.55. The first-order valence-corrected chi connectivity index (χ1v) is 12.9. The summed E-state index contributed by atoms with van der Waals surface area (Å²) < 4.78 is 54.5. The lowest BCUT2D eigenvalue weighted by Gasteiger charge is -2.40. The predicted molar refractivity (Wildman–Crippen MR) is 133 cm³/mol. The van der Waals surface area contributed by atoms with Crippen molar-refractivity contribution in [3.8, 4) is 11.4 Å². The van der Waals surface area contributed by atoms with E-state index in [0.29, 0.717) is 34.7 Å². The number of aromatic nitrogens is 2. The van der Waals surface area contributed by atoms with Crippen LogP contribution in [-0.4, -0.2) is 48.6 Å². The number of halogens is 3. The molecule has 1 amide bonds. The molecule has 0 aliphatic carbocycles. The van der Waals surface area contributed by atoms with Crippen LogP contribution in [0.25, 0.3) is 11.4 Å². The molecule has 3 heterocycles. The van der Waals surface area contributed by atoms with E-state index in [1.165, 1.54) is 24.4 Å². The van der Waals surface area contributed by atoms with Crippen molar-refractivity contribution < 1.29 is 22.0 Å². The van der Waals surface area contributed by atoms with Crippen molar-refractivity contribution in [2.24, 2.45) is 7.05 Å². The highest BCUT2D eigenvalue weighted by Gasteiger charge is 2.44. The summed E-state index contributed by atoms with van der Waals surface area (Å²) in [4.78, 5) is 18.8. The number of hydrogen-bond acceptors (Lipinski definition) is 5. The molecule has 2 N–H and O–H groups in total. The molecular weight excluding hydrogens is 500 g/mol. The normalized spacial score (nSPS) is 14.9. The Balaban J connectivity index is 1.48. The van der Waals surface area contributed by atoms with E-state index in [0.717, 1.165) is 0 Å². The van der Waals surface area contributed by atoms with Gasteiger partial charge in [-0.1, -0.05) is 18.5 Å². The number of hydrogen-bond donors (Lipinski definition) is 2. The van der Waals surface area contributed by atoms with Gasteiger partial charge in [-0.2, -0.15) is 0 Å². The van der Waals surface area contributed by atoms with E-state index in [2.05, 4.69) is 15.0 Å².